The minimum absolute atomic E-state index is 0.0763. The molecule has 0 aromatic carbocycles. The summed E-state index contributed by atoms with van der Waals surface area (Å²) in [6, 6.07) is 1.90. The topological polar surface area (TPSA) is 67.2 Å². The van der Waals surface area contributed by atoms with Gasteiger partial charge in [-0.3, -0.25) is 4.79 Å². The lowest BCUT2D eigenvalue weighted by atomic mass is 9.90. The highest BCUT2D eigenvalue weighted by Gasteiger charge is 2.24. The first-order chi connectivity index (χ1) is 7.83. The van der Waals surface area contributed by atoms with Crippen molar-refractivity contribution in [3.63, 3.8) is 0 Å². The molecule has 0 spiro atoms. The van der Waals surface area contributed by atoms with Gasteiger partial charge in [0.2, 0.25) is 0 Å². The molecule has 1 fully saturated rings. The zero-order valence-electron chi connectivity index (χ0n) is 10.5. The van der Waals surface area contributed by atoms with E-state index in [9.17, 15) is 9.59 Å². The van der Waals surface area contributed by atoms with E-state index in [1.807, 2.05) is 6.07 Å². The zero-order chi connectivity index (χ0) is 13.1. The number of nitrogens with zero attached hydrogens (tertiary/aromatic N) is 1. The van der Waals surface area contributed by atoms with Crippen molar-refractivity contribution in [2.24, 2.45) is 0 Å². The molecule has 0 atom stereocenters. The summed E-state index contributed by atoms with van der Waals surface area (Å²) in [5, 5.41) is 9.02. The molecule has 0 aromatic heterocycles. The average Bonchev–Trinajstić information content (AvgIpc) is 2.19. The van der Waals surface area contributed by atoms with Crippen molar-refractivity contribution in [2.75, 3.05) is 0 Å². The smallest absolute Gasteiger partial charge is 0.349 e. The summed E-state index contributed by atoms with van der Waals surface area (Å²) in [7, 11) is 0. The quantitative estimate of drug-likeness (QED) is 0.397. The van der Waals surface area contributed by atoms with Crippen LogP contribution in [0.2, 0.25) is 0 Å². The van der Waals surface area contributed by atoms with E-state index in [0.29, 0.717) is 25.7 Å². The van der Waals surface area contributed by atoms with Crippen LogP contribution in [0.3, 0.4) is 0 Å². The fraction of sp³-hybridized carbons (Fsp3) is 0.615. The predicted molar refractivity (Wildman–Crippen MR) is 62.0 cm³/mol. The van der Waals surface area contributed by atoms with Crippen LogP contribution in [0.4, 0.5) is 0 Å². The minimum atomic E-state index is -0.607. The fourth-order valence-corrected chi connectivity index (χ4v) is 1.68. The van der Waals surface area contributed by atoms with E-state index in [1.165, 1.54) is 0 Å². The summed E-state index contributed by atoms with van der Waals surface area (Å²) in [6.07, 6.45) is 1.84. The zero-order valence-corrected chi connectivity index (χ0v) is 10.5. The Labute approximate surface area is 101 Å². The van der Waals surface area contributed by atoms with Gasteiger partial charge in [0.15, 0.2) is 0 Å². The number of allylic oxidation sites excluding steroid dienone is 1. The first kappa shape index (κ1) is 13.4. The molecule has 0 unspecified atom stereocenters. The Bertz CT molecular complexity index is 395. The maximum absolute atomic E-state index is 11.8. The molecular formula is C13H17NO3. The number of esters is 1. The second-order valence-corrected chi connectivity index (χ2v) is 5.13. The largest absolute Gasteiger partial charge is 0.456 e. The molecule has 0 saturated heterocycles. The molecule has 1 saturated carbocycles. The maximum Gasteiger partial charge on any atom is 0.349 e. The summed E-state index contributed by atoms with van der Waals surface area (Å²) in [5.41, 5.74) is 0.221. The predicted octanol–water partition coefficient (Wildman–Crippen LogP) is 2.29. The molecule has 1 aliphatic carbocycles. The van der Waals surface area contributed by atoms with Crippen molar-refractivity contribution in [1.82, 2.24) is 0 Å². The molecule has 0 amide bonds. The molecule has 17 heavy (non-hydrogen) atoms. The van der Waals surface area contributed by atoms with Gasteiger partial charge < -0.3 is 4.74 Å². The molecule has 1 aliphatic rings. The van der Waals surface area contributed by atoms with Crippen LogP contribution in [0, 0.1) is 11.3 Å². The lowest BCUT2D eigenvalue weighted by Gasteiger charge is -2.21. The van der Waals surface area contributed by atoms with Gasteiger partial charge in [0.1, 0.15) is 23.0 Å². The lowest BCUT2D eigenvalue weighted by molar-refractivity contribution is -0.149. The van der Waals surface area contributed by atoms with E-state index in [0.717, 1.165) is 5.57 Å². The third kappa shape index (κ3) is 4.03. The van der Waals surface area contributed by atoms with Gasteiger partial charge in [-0.2, -0.15) is 5.26 Å². The molecule has 4 nitrogen and oxygen atoms in total. The van der Waals surface area contributed by atoms with Crippen molar-refractivity contribution in [3.05, 3.63) is 11.1 Å². The molecule has 0 N–H and O–H groups in total. The summed E-state index contributed by atoms with van der Waals surface area (Å²) in [4.78, 5) is 22.9. The van der Waals surface area contributed by atoms with Crippen molar-refractivity contribution in [1.29, 1.82) is 5.26 Å². The van der Waals surface area contributed by atoms with E-state index in [-0.39, 0.29) is 11.4 Å². The lowest BCUT2D eigenvalue weighted by Crippen LogP contribution is -2.25. The number of nitriles is 1. The molecule has 0 bridgehead atoms. The number of carbonyl (C=O) groups excluding carboxylic acids is 2. The summed E-state index contributed by atoms with van der Waals surface area (Å²) in [5.74, 6) is -0.389. The number of ketones is 1. The van der Waals surface area contributed by atoms with Crippen molar-refractivity contribution in [3.8, 4) is 6.07 Å². The van der Waals surface area contributed by atoms with E-state index in [1.54, 1.807) is 20.8 Å². The van der Waals surface area contributed by atoms with Crippen LogP contribution in [0.25, 0.3) is 0 Å². The number of rotatable bonds is 1. The van der Waals surface area contributed by atoms with Crippen LogP contribution in [-0.2, 0) is 14.3 Å². The Hall–Kier alpha value is -1.63. The number of Topliss-reactive ketones (excluding diaryl/α,β-unsaturated/α-hetero) is 1. The van der Waals surface area contributed by atoms with Gasteiger partial charge in [-0.25, -0.2) is 4.79 Å². The van der Waals surface area contributed by atoms with E-state index >= 15 is 0 Å². The highest BCUT2D eigenvalue weighted by atomic mass is 16.6. The van der Waals surface area contributed by atoms with Crippen LogP contribution in [0.15, 0.2) is 11.1 Å². The van der Waals surface area contributed by atoms with Crippen LogP contribution in [0.5, 0.6) is 0 Å². The second-order valence-electron chi connectivity index (χ2n) is 5.13. The Morgan fingerprint density at radius 3 is 2.18 bits per heavy atom. The highest BCUT2D eigenvalue weighted by Crippen LogP contribution is 2.25. The van der Waals surface area contributed by atoms with Crippen molar-refractivity contribution >= 4 is 11.8 Å². The van der Waals surface area contributed by atoms with Gasteiger partial charge in [0, 0.05) is 12.8 Å². The summed E-state index contributed by atoms with van der Waals surface area (Å²) in [6.45, 7) is 5.28. The third-order valence-corrected chi connectivity index (χ3v) is 2.48. The number of carbonyl (C=O) groups is 2. The van der Waals surface area contributed by atoms with Crippen molar-refractivity contribution < 1.29 is 14.3 Å². The van der Waals surface area contributed by atoms with Gasteiger partial charge in [0.05, 0.1) is 0 Å². The molecule has 4 heteroatoms. The molecular weight excluding hydrogens is 218 g/mol. The Balaban J connectivity index is 2.85. The SMILES string of the molecule is CC(C)(C)OC(=O)C(C#N)=C1CCC(=O)CC1. The Morgan fingerprint density at radius 2 is 1.76 bits per heavy atom. The molecule has 1 rings (SSSR count). The molecule has 92 valence electrons. The second kappa shape index (κ2) is 5.13. The van der Waals surface area contributed by atoms with Crippen LogP contribution in [-0.4, -0.2) is 17.4 Å². The fourth-order valence-electron chi connectivity index (χ4n) is 1.68. The molecule has 0 radical (unpaired) electrons. The van der Waals surface area contributed by atoms with Gasteiger partial charge in [-0.15, -0.1) is 0 Å². The Kier molecular flexibility index (Phi) is 4.06. The standard InChI is InChI=1S/C13H17NO3/c1-13(2,3)17-12(16)11(8-14)9-4-6-10(15)7-5-9/h4-7H2,1-3H3. The third-order valence-electron chi connectivity index (χ3n) is 2.48. The average molecular weight is 235 g/mol. The van der Waals surface area contributed by atoms with Crippen LogP contribution >= 0.6 is 0 Å². The van der Waals surface area contributed by atoms with E-state index in [2.05, 4.69) is 0 Å². The summed E-state index contributed by atoms with van der Waals surface area (Å²) >= 11 is 0. The monoisotopic (exact) mass is 235 g/mol. The van der Waals surface area contributed by atoms with E-state index < -0.39 is 11.6 Å². The molecule has 0 aromatic rings. The van der Waals surface area contributed by atoms with Gasteiger partial charge in [0.25, 0.3) is 0 Å². The number of hydrogen-bond acceptors (Lipinski definition) is 4. The highest BCUT2D eigenvalue weighted by molar-refractivity contribution is 5.94. The first-order valence-corrected chi connectivity index (χ1v) is 5.70. The summed E-state index contributed by atoms with van der Waals surface area (Å²) < 4.78 is 5.17. The minimum Gasteiger partial charge on any atom is -0.456 e. The van der Waals surface area contributed by atoms with Crippen molar-refractivity contribution in [2.45, 2.75) is 52.1 Å². The Morgan fingerprint density at radius 1 is 1.24 bits per heavy atom. The van der Waals surface area contributed by atoms with Gasteiger partial charge >= 0.3 is 5.97 Å². The first-order valence-electron chi connectivity index (χ1n) is 5.70. The maximum atomic E-state index is 11.8. The molecule has 0 heterocycles. The van der Waals surface area contributed by atoms with Gasteiger partial charge in [-0.1, -0.05) is 0 Å². The van der Waals surface area contributed by atoms with Gasteiger partial charge in [-0.05, 0) is 39.2 Å². The number of ether oxygens (including phenoxy) is 1. The van der Waals surface area contributed by atoms with Crippen LogP contribution < -0.4 is 0 Å². The van der Waals surface area contributed by atoms with E-state index in [4.69, 9.17) is 10.00 Å². The molecule has 0 aliphatic heterocycles. The number of hydrogen-bond donors (Lipinski definition) is 0. The normalized spacial score (nSPS) is 16.4. The van der Waals surface area contributed by atoms with Crippen LogP contribution in [0.1, 0.15) is 46.5 Å².